The minimum absolute atomic E-state index is 0.0118. The highest BCUT2D eigenvalue weighted by molar-refractivity contribution is 5.90. The molecule has 1 aromatic heterocycles. The molecule has 1 saturated heterocycles. The molecule has 6 heteroatoms. The number of hydrogen-bond acceptors (Lipinski definition) is 3. The number of anilines is 1. The minimum Gasteiger partial charge on any atom is -0.333 e. The number of amides is 2. The van der Waals surface area contributed by atoms with Gasteiger partial charge in [-0.3, -0.25) is 10.2 Å². The van der Waals surface area contributed by atoms with Crippen LogP contribution in [0.25, 0.3) is 5.69 Å². The molecule has 6 rings (SSSR count). The molecule has 1 fully saturated rings. The Morgan fingerprint density at radius 3 is 2.32 bits per heavy atom. The van der Waals surface area contributed by atoms with Crippen LogP contribution in [0.5, 0.6) is 0 Å². The van der Waals surface area contributed by atoms with E-state index < -0.39 is 0 Å². The van der Waals surface area contributed by atoms with Crippen LogP contribution in [0.1, 0.15) is 41.6 Å². The topological polar surface area (TPSA) is 62.2 Å². The number of para-hydroxylation sites is 1. The lowest BCUT2D eigenvalue weighted by Crippen LogP contribution is -2.42. The predicted molar refractivity (Wildman–Crippen MR) is 147 cm³/mol. The van der Waals surface area contributed by atoms with Crippen LogP contribution in [0.3, 0.4) is 0 Å². The molecular weight excluding hydrogens is 458 g/mol. The number of urea groups is 1. The van der Waals surface area contributed by atoms with Gasteiger partial charge in [-0.15, -0.1) is 0 Å². The van der Waals surface area contributed by atoms with Crippen molar-refractivity contribution < 1.29 is 4.79 Å². The van der Waals surface area contributed by atoms with E-state index in [1.807, 2.05) is 41.1 Å². The maximum atomic E-state index is 13.5. The number of rotatable bonds is 6. The SMILES string of the molecule is C[C@H]1[C@@H](c2ccccc2)[C@H](NC(=O)Nc2c3c(nn2-c2ccccc2)CCC3)CN1Cc1ccccc1. The predicted octanol–water partition coefficient (Wildman–Crippen LogP) is 5.54. The third-order valence-electron chi connectivity index (χ3n) is 7.83. The van der Waals surface area contributed by atoms with Crippen LogP contribution >= 0.6 is 0 Å². The second kappa shape index (κ2) is 10.2. The van der Waals surface area contributed by atoms with Gasteiger partial charge in [-0.1, -0.05) is 78.9 Å². The number of hydrogen-bond donors (Lipinski definition) is 2. The number of carbonyl (C=O) groups excluding carboxylic acids is 1. The third-order valence-corrected chi connectivity index (χ3v) is 7.83. The second-order valence-electron chi connectivity index (χ2n) is 10.2. The molecule has 37 heavy (non-hydrogen) atoms. The van der Waals surface area contributed by atoms with Crippen LogP contribution in [0.2, 0.25) is 0 Å². The van der Waals surface area contributed by atoms with Crippen LogP contribution in [0.4, 0.5) is 10.6 Å². The molecule has 188 valence electrons. The first-order chi connectivity index (χ1) is 18.2. The maximum Gasteiger partial charge on any atom is 0.320 e. The number of likely N-dealkylation sites (tertiary alicyclic amines) is 1. The highest BCUT2D eigenvalue weighted by Crippen LogP contribution is 2.35. The summed E-state index contributed by atoms with van der Waals surface area (Å²) in [5, 5.41) is 11.4. The number of aryl methyl sites for hydroxylation is 1. The van der Waals surface area contributed by atoms with Gasteiger partial charge in [0.05, 0.1) is 17.4 Å². The van der Waals surface area contributed by atoms with Gasteiger partial charge in [0, 0.05) is 30.6 Å². The first-order valence-corrected chi connectivity index (χ1v) is 13.2. The van der Waals surface area contributed by atoms with Crippen molar-refractivity contribution in [3.8, 4) is 5.69 Å². The van der Waals surface area contributed by atoms with E-state index in [-0.39, 0.29) is 24.0 Å². The van der Waals surface area contributed by atoms with E-state index in [4.69, 9.17) is 5.10 Å². The molecular formula is C31H33N5O. The van der Waals surface area contributed by atoms with Crippen molar-refractivity contribution in [2.45, 2.75) is 50.7 Å². The summed E-state index contributed by atoms with van der Waals surface area (Å²) in [7, 11) is 0. The van der Waals surface area contributed by atoms with E-state index in [0.717, 1.165) is 55.1 Å². The lowest BCUT2D eigenvalue weighted by molar-refractivity contribution is 0.243. The molecule has 2 N–H and O–H groups in total. The monoisotopic (exact) mass is 491 g/mol. The lowest BCUT2D eigenvalue weighted by atomic mass is 9.89. The Labute approximate surface area is 218 Å². The van der Waals surface area contributed by atoms with Gasteiger partial charge < -0.3 is 5.32 Å². The average molecular weight is 492 g/mol. The van der Waals surface area contributed by atoms with E-state index >= 15 is 0 Å². The van der Waals surface area contributed by atoms with Crippen molar-refractivity contribution in [1.82, 2.24) is 20.0 Å². The summed E-state index contributed by atoms with van der Waals surface area (Å²) < 4.78 is 1.89. The quantitative estimate of drug-likeness (QED) is 0.372. The van der Waals surface area contributed by atoms with Crippen LogP contribution in [0.15, 0.2) is 91.0 Å². The van der Waals surface area contributed by atoms with Crippen molar-refractivity contribution in [3.05, 3.63) is 113 Å². The largest absolute Gasteiger partial charge is 0.333 e. The Hall–Kier alpha value is -3.90. The Balaban J connectivity index is 1.25. The maximum absolute atomic E-state index is 13.5. The molecule has 0 unspecified atom stereocenters. The minimum atomic E-state index is -0.175. The molecule has 2 amide bonds. The molecule has 2 heterocycles. The van der Waals surface area contributed by atoms with Crippen molar-refractivity contribution in [2.24, 2.45) is 0 Å². The van der Waals surface area contributed by atoms with Gasteiger partial charge in [0.2, 0.25) is 0 Å². The zero-order valence-corrected chi connectivity index (χ0v) is 21.2. The molecule has 1 aliphatic carbocycles. The van der Waals surface area contributed by atoms with E-state index in [1.165, 1.54) is 11.1 Å². The summed E-state index contributed by atoms with van der Waals surface area (Å²) in [5.74, 6) is 0.986. The smallest absolute Gasteiger partial charge is 0.320 e. The van der Waals surface area contributed by atoms with E-state index in [2.05, 4.69) is 77.1 Å². The highest BCUT2D eigenvalue weighted by Gasteiger charge is 2.41. The van der Waals surface area contributed by atoms with Gasteiger partial charge in [-0.05, 0) is 49.4 Å². The lowest BCUT2D eigenvalue weighted by Gasteiger charge is -2.26. The summed E-state index contributed by atoms with van der Waals surface area (Å²) in [6.45, 7) is 3.93. The molecule has 3 aromatic carbocycles. The number of nitrogens with one attached hydrogen (secondary N) is 2. The number of fused-ring (bicyclic) bond motifs is 1. The van der Waals surface area contributed by atoms with Crippen molar-refractivity contribution in [2.75, 3.05) is 11.9 Å². The van der Waals surface area contributed by atoms with E-state index in [0.29, 0.717) is 0 Å². The molecule has 3 atom stereocenters. The first-order valence-electron chi connectivity index (χ1n) is 13.2. The summed E-state index contributed by atoms with van der Waals surface area (Å²) in [6.07, 6.45) is 2.97. The number of nitrogens with zero attached hydrogens (tertiary/aromatic N) is 3. The van der Waals surface area contributed by atoms with Crippen molar-refractivity contribution in [1.29, 1.82) is 0 Å². The van der Waals surface area contributed by atoms with E-state index in [9.17, 15) is 4.79 Å². The van der Waals surface area contributed by atoms with Gasteiger partial charge in [0.25, 0.3) is 0 Å². The Kier molecular flexibility index (Phi) is 6.49. The summed E-state index contributed by atoms with van der Waals surface area (Å²) in [4.78, 5) is 16.0. The van der Waals surface area contributed by atoms with Crippen LogP contribution < -0.4 is 10.6 Å². The number of aromatic nitrogens is 2. The van der Waals surface area contributed by atoms with Gasteiger partial charge in [-0.2, -0.15) is 5.10 Å². The third kappa shape index (κ3) is 4.77. The van der Waals surface area contributed by atoms with Crippen LogP contribution in [0, 0.1) is 0 Å². The molecule has 2 aliphatic rings. The molecule has 1 aliphatic heterocycles. The number of benzene rings is 3. The number of carbonyl (C=O) groups is 1. The Morgan fingerprint density at radius 1 is 0.919 bits per heavy atom. The zero-order valence-electron chi connectivity index (χ0n) is 21.2. The normalized spacial score (nSPS) is 21.1. The fourth-order valence-corrected chi connectivity index (χ4v) is 6.03. The highest BCUT2D eigenvalue weighted by atomic mass is 16.2. The van der Waals surface area contributed by atoms with Crippen molar-refractivity contribution >= 4 is 11.8 Å². The second-order valence-corrected chi connectivity index (χ2v) is 10.2. The van der Waals surface area contributed by atoms with Gasteiger partial charge in [0.1, 0.15) is 5.82 Å². The van der Waals surface area contributed by atoms with Gasteiger partial charge >= 0.3 is 6.03 Å². The molecule has 0 bridgehead atoms. The molecule has 0 radical (unpaired) electrons. The molecule has 0 saturated carbocycles. The fraction of sp³-hybridized carbons (Fsp3) is 0.290. The molecule has 0 spiro atoms. The average Bonchev–Trinajstić information content (AvgIpc) is 3.60. The van der Waals surface area contributed by atoms with Crippen molar-refractivity contribution in [3.63, 3.8) is 0 Å². The summed E-state index contributed by atoms with van der Waals surface area (Å²) >= 11 is 0. The Bertz CT molecular complexity index is 1350. The van der Waals surface area contributed by atoms with E-state index in [1.54, 1.807) is 0 Å². The Morgan fingerprint density at radius 2 is 1.59 bits per heavy atom. The van der Waals surface area contributed by atoms with Gasteiger partial charge in [0.15, 0.2) is 0 Å². The molecule has 4 aromatic rings. The summed E-state index contributed by atoms with van der Waals surface area (Å²) in [6, 6.07) is 31.3. The standard InChI is InChI=1S/C31H33N5O/c1-22-29(24-14-7-3-8-15-24)28(21-35(22)20-23-12-5-2-6-13-23)32-31(37)33-30-26-18-11-19-27(26)34-36(30)25-16-9-4-10-17-25/h2-10,12-17,22,28-29H,11,18-21H2,1H3,(H2,32,33,37)/t22-,28+,29-/m0/s1. The van der Waals surface area contributed by atoms with Crippen LogP contribution in [-0.4, -0.2) is 39.3 Å². The summed E-state index contributed by atoms with van der Waals surface area (Å²) in [5.41, 5.74) is 5.74. The fourth-order valence-electron chi connectivity index (χ4n) is 6.03. The first kappa shape index (κ1) is 23.5. The molecule has 6 nitrogen and oxygen atoms in total. The van der Waals surface area contributed by atoms with Gasteiger partial charge in [-0.25, -0.2) is 9.48 Å². The zero-order chi connectivity index (χ0) is 25.2. The van der Waals surface area contributed by atoms with Crippen LogP contribution in [-0.2, 0) is 19.4 Å².